The molecule has 2 aliphatic heterocycles. The van der Waals surface area contributed by atoms with Gasteiger partial charge in [-0.3, -0.25) is 19.7 Å². The summed E-state index contributed by atoms with van der Waals surface area (Å²) in [6.07, 6.45) is 6.03. The third-order valence-corrected chi connectivity index (χ3v) is 5.29. The summed E-state index contributed by atoms with van der Waals surface area (Å²) in [5.41, 5.74) is 7.86. The van der Waals surface area contributed by atoms with Crippen molar-refractivity contribution in [1.82, 2.24) is 14.9 Å². The number of rotatable bonds is 3. The van der Waals surface area contributed by atoms with Gasteiger partial charge < -0.3 is 10.5 Å². The molecule has 7 heteroatoms. The van der Waals surface area contributed by atoms with E-state index in [1.807, 2.05) is 12.1 Å². The van der Waals surface area contributed by atoms with Crippen molar-refractivity contribution in [2.45, 2.75) is 31.1 Å². The molecule has 1 fully saturated rings. The fourth-order valence-corrected chi connectivity index (χ4v) is 3.99. The number of carbonyl (C=O) groups is 1. The Labute approximate surface area is 151 Å². The standard InChI is InChI=1S/C18H19ClN4O2/c19-12-1-2-14-15(9-12)18(25-16(14)17(20)24)3-7-23(8-4-18)11-13-10-21-5-6-22-13/h1-2,5-6,9-10,16H,3-4,7-8,11H2,(H2,20,24). The van der Waals surface area contributed by atoms with Crippen LogP contribution in [0.1, 0.15) is 35.8 Å². The van der Waals surface area contributed by atoms with Crippen molar-refractivity contribution >= 4 is 17.5 Å². The summed E-state index contributed by atoms with van der Waals surface area (Å²) in [4.78, 5) is 22.6. The van der Waals surface area contributed by atoms with Gasteiger partial charge in [0.1, 0.15) is 0 Å². The van der Waals surface area contributed by atoms with Crippen LogP contribution in [0.2, 0.25) is 5.02 Å². The molecule has 0 bridgehead atoms. The Morgan fingerprint density at radius 2 is 2.16 bits per heavy atom. The maximum absolute atomic E-state index is 11.8. The van der Waals surface area contributed by atoms with Gasteiger partial charge in [0.2, 0.25) is 0 Å². The van der Waals surface area contributed by atoms with Crippen molar-refractivity contribution < 1.29 is 9.53 Å². The van der Waals surface area contributed by atoms with Crippen molar-refractivity contribution in [3.05, 3.63) is 58.6 Å². The summed E-state index contributed by atoms with van der Waals surface area (Å²) < 4.78 is 6.19. The van der Waals surface area contributed by atoms with Gasteiger partial charge in [-0.25, -0.2) is 0 Å². The molecule has 25 heavy (non-hydrogen) atoms. The van der Waals surface area contributed by atoms with E-state index >= 15 is 0 Å². The first-order valence-electron chi connectivity index (χ1n) is 8.32. The molecule has 130 valence electrons. The third kappa shape index (κ3) is 3.01. The summed E-state index contributed by atoms with van der Waals surface area (Å²) in [5, 5.41) is 0.647. The lowest BCUT2D eigenvalue weighted by atomic mass is 9.83. The van der Waals surface area contributed by atoms with Crippen LogP contribution in [0.25, 0.3) is 0 Å². The number of primary amides is 1. The lowest BCUT2D eigenvalue weighted by molar-refractivity contribution is -0.148. The van der Waals surface area contributed by atoms with Gasteiger partial charge in [-0.2, -0.15) is 0 Å². The van der Waals surface area contributed by atoms with Crippen molar-refractivity contribution in [3.63, 3.8) is 0 Å². The highest BCUT2D eigenvalue weighted by atomic mass is 35.5. The van der Waals surface area contributed by atoms with Gasteiger partial charge in [0, 0.05) is 43.2 Å². The van der Waals surface area contributed by atoms with E-state index in [9.17, 15) is 4.79 Å². The fourth-order valence-electron chi connectivity index (χ4n) is 3.82. The summed E-state index contributed by atoms with van der Waals surface area (Å²) >= 11 is 6.19. The van der Waals surface area contributed by atoms with Crippen LogP contribution in [0.4, 0.5) is 0 Å². The lowest BCUT2D eigenvalue weighted by Crippen LogP contribution is -2.42. The van der Waals surface area contributed by atoms with Crippen LogP contribution in [0, 0.1) is 0 Å². The second-order valence-electron chi connectivity index (χ2n) is 6.60. The number of ether oxygens (including phenoxy) is 1. The van der Waals surface area contributed by atoms with E-state index in [0.29, 0.717) is 5.02 Å². The average Bonchev–Trinajstić information content (AvgIpc) is 2.92. The molecule has 0 saturated carbocycles. The van der Waals surface area contributed by atoms with Crippen LogP contribution in [0.5, 0.6) is 0 Å². The minimum atomic E-state index is -0.696. The number of fused-ring (bicyclic) bond motifs is 2. The quantitative estimate of drug-likeness (QED) is 0.909. The molecule has 1 unspecified atom stereocenters. The van der Waals surface area contributed by atoms with Gasteiger partial charge in [0.15, 0.2) is 6.10 Å². The number of nitrogens with zero attached hydrogens (tertiary/aromatic N) is 3. The molecule has 2 aromatic rings. The van der Waals surface area contributed by atoms with E-state index < -0.39 is 17.6 Å². The summed E-state index contributed by atoms with van der Waals surface area (Å²) in [5.74, 6) is -0.456. The Bertz CT molecular complexity index is 791. The van der Waals surface area contributed by atoms with Gasteiger partial charge in [-0.15, -0.1) is 0 Å². The van der Waals surface area contributed by atoms with Crippen molar-refractivity contribution in [2.75, 3.05) is 13.1 Å². The monoisotopic (exact) mass is 358 g/mol. The highest BCUT2D eigenvalue weighted by molar-refractivity contribution is 6.30. The molecule has 2 N–H and O–H groups in total. The smallest absolute Gasteiger partial charge is 0.251 e. The Morgan fingerprint density at radius 3 is 2.84 bits per heavy atom. The Kier molecular flexibility index (Phi) is 4.19. The first kappa shape index (κ1) is 16.4. The van der Waals surface area contributed by atoms with Crippen LogP contribution in [-0.2, 0) is 21.7 Å². The van der Waals surface area contributed by atoms with E-state index in [0.717, 1.165) is 49.3 Å². The van der Waals surface area contributed by atoms with Gasteiger partial charge in [-0.1, -0.05) is 17.7 Å². The molecule has 6 nitrogen and oxygen atoms in total. The molecule has 1 saturated heterocycles. The predicted molar refractivity (Wildman–Crippen MR) is 92.7 cm³/mol. The normalized spacial score (nSPS) is 22.0. The van der Waals surface area contributed by atoms with Crippen molar-refractivity contribution in [2.24, 2.45) is 5.73 Å². The maximum atomic E-state index is 11.8. The number of hydrogen-bond acceptors (Lipinski definition) is 5. The minimum absolute atomic E-state index is 0.456. The molecule has 1 atom stereocenters. The number of piperidine rings is 1. The molecule has 1 aromatic heterocycles. The molecule has 1 amide bonds. The number of likely N-dealkylation sites (tertiary alicyclic amines) is 1. The second-order valence-corrected chi connectivity index (χ2v) is 7.04. The lowest BCUT2D eigenvalue weighted by Gasteiger charge is -2.39. The van der Waals surface area contributed by atoms with Gasteiger partial charge in [-0.05, 0) is 36.1 Å². The predicted octanol–water partition coefficient (Wildman–Crippen LogP) is 2.18. The minimum Gasteiger partial charge on any atom is -0.367 e. The Morgan fingerprint density at radius 1 is 1.36 bits per heavy atom. The molecular weight excluding hydrogens is 340 g/mol. The Balaban J connectivity index is 1.54. The highest BCUT2D eigenvalue weighted by Crippen LogP contribution is 2.49. The molecule has 1 spiro atoms. The zero-order valence-electron chi connectivity index (χ0n) is 13.7. The molecular formula is C18H19ClN4O2. The van der Waals surface area contributed by atoms with E-state index in [4.69, 9.17) is 22.1 Å². The molecule has 4 rings (SSSR count). The molecule has 1 aromatic carbocycles. The SMILES string of the molecule is NC(=O)C1OC2(CCN(Cc3cnccn3)CC2)c2cc(Cl)ccc21. The molecule has 0 radical (unpaired) electrons. The van der Waals surface area contributed by atoms with Gasteiger partial charge in [0.25, 0.3) is 5.91 Å². The maximum Gasteiger partial charge on any atom is 0.251 e. The van der Waals surface area contributed by atoms with E-state index in [1.54, 1.807) is 24.7 Å². The first-order chi connectivity index (χ1) is 12.1. The second kappa shape index (κ2) is 6.37. The number of halogens is 1. The van der Waals surface area contributed by atoms with Crippen LogP contribution in [0.3, 0.4) is 0 Å². The number of benzene rings is 1. The molecule has 3 heterocycles. The average molecular weight is 359 g/mol. The first-order valence-corrected chi connectivity index (χ1v) is 8.69. The van der Waals surface area contributed by atoms with Crippen molar-refractivity contribution in [3.8, 4) is 0 Å². The number of nitrogens with two attached hydrogens (primary N) is 1. The van der Waals surface area contributed by atoms with Crippen molar-refractivity contribution in [1.29, 1.82) is 0 Å². The van der Waals surface area contributed by atoms with Gasteiger partial charge in [0.05, 0.1) is 11.3 Å². The number of amides is 1. The zero-order chi connectivity index (χ0) is 17.4. The van der Waals surface area contributed by atoms with E-state index in [1.165, 1.54) is 0 Å². The van der Waals surface area contributed by atoms with Crippen LogP contribution in [0.15, 0.2) is 36.8 Å². The summed E-state index contributed by atoms with van der Waals surface area (Å²) in [6.45, 7) is 2.44. The topological polar surface area (TPSA) is 81.3 Å². The van der Waals surface area contributed by atoms with Crippen LogP contribution in [-0.4, -0.2) is 33.9 Å². The zero-order valence-corrected chi connectivity index (χ0v) is 14.4. The van der Waals surface area contributed by atoms with E-state index in [2.05, 4.69) is 14.9 Å². The summed E-state index contributed by atoms with van der Waals surface area (Å²) in [6, 6.07) is 5.55. The molecule has 0 aliphatic carbocycles. The van der Waals surface area contributed by atoms with Gasteiger partial charge >= 0.3 is 0 Å². The molecule has 2 aliphatic rings. The largest absolute Gasteiger partial charge is 0.367 e. The number of hydrogen-bond donors (Lipinski definition) is 1. The van der Waals surface area contributed by atoms with E-state index in [-0.39, 0.29) is 0 Å². The van der Waals surface area contributed by atoms with Crippen LogP contribution < -0.4 is 5.73 Å². The van der Waals surface area contributed by atoms with Crippen LogP contribution >= 0.6 is 11.6 Å². The third-order valence-electron chi connectivity index (χ3n) is 5.06. The highest BCUT2D eigenvalue weighted by Gasteiger charge is 2.48. The fraction of sp³-hybridized carbons (Fsp3) is 0.389. The summed E-state index contributed by atoms with van der Waals surface area (Å²) in [7, 11) is 0. The Hall–Kier alpha value is -2.02. The number of aromatic nitrogens is 2. The number of carbonyl (C=O) groups excluding carboxylic acids is 1.